The summed E-state index contributed by atoms with van der Waals surface area (Å²) in [7, 11) is -3.91. The Morgan fingerprint density at radius 1 is 0.906 bits per heavy atom. The molecule has 1 aliphatic heterocycles. The van der Waals surface area contributed by atoms with Crippen LogP contribution >= 0.6 is 0 Å². The molecule has 32 heavy (non-hydrogen) atoms. The van der Waals surface area contributed by atoms with Gasteiger partial charge >= 0.3 is 6.03 Å². The van der Waals surface area contributed by atoms with Crippen molar-refractivity contribution in [2.24, 2.45) is 5.92 Å². The van der Waals surface area contributed by atoms with Crippen molar-refractivity contribution in [1.82, 2.24) is 16.2 Å². The number of nitrogens with one attached hydrogen (secondary N) is 4. The Morgan fingerprint density at radius 2 is 1.53 bits per heavy atom. The highest BCUT2D eigenvalue weighted by Gasteiger charge is 2.23. The van der Waals surface area contributed by atoms with Gasteiger partial charge in [-0.3, -0.25) is 10.9 Å². The van der Waals surface area contributed by atoms with Crippen LogP contribution in [0.4, 0.5) is 14.9 Å². The minimum absolute atomic E-state index is 0.0161. The van der Waals surface area contributed by atoms with E-state index in [2.05, 4.69) is 21.5 Å². The predicted octanol–water partition coefficient (Wildman–Crippen LogP) is 3.17. The lowest BCUT2D eigenvalue weighted by Gasteiger charge is -2.13. The number of carbonyl (C=O) groups excluding carboxylic acids is 1. The van der Waals surface area contributed by atoms with Gasteiger partial charge in [0, 0.05) is 42.4 Å². The lowest BCUT2D eigenvalue weighted by molar-refractivity contribution is 0.250. The Hall–Kier alpha value is -3.27. The molecule has 2 amide bonds. The van der Waals surface area contributed by atoms with Crippen LogP contribution in [-0.4, -0.2) is 34.1 Å². The predicted molar refractivity (Wildman–Crippen MR) is 120 cm³/mol. The Balaban J connectivity index is 1.52. The zero-order valence-corrected chi connectivity index (χ0v) is 18.0. The molecule has 1 saturated heterocycles. The molecule has 3 aromatic carbocycles. The van der Waals surface area contributed by atoms with Gasteiger partial charge in [0.2, 0.25) is 9.84 Å². The first kappa shape index (κ1) is 21.9. The summed E-state index contributed by atoms with van der Waals surface area (Å²) >= 11 is 0. The largest absolute Gasteiger partial charge is 0.337 e. The molecule has 9 heteroatoms. The fourth-order valence-corrected chi connectivity index (χ4v) is 4.98. The van der Waals surface area contributed by atoms with E-state index in [1.165, 1.54) is 36.4 Å². The number of halogens is 1. The number of benzene rings is 3. The van der Waals surface area contributed by atoms with E-state index in [4.69, 9.17) is 0 Å². The summed E-state index contributed by atoms with van der Waals surface area (Å²) in [5.41, 5.74) is 6.97. The monoisotopic (exact) mass is 454 g/mol. The summed E-state index contributed by atoms with van der Waals surface area (Å²) in [5, 5.41) is 5.48. The van der Waals surface area contributed by atoms with E-state index in [9.17, 15) is 17.6 Å². The van der Waals surface area contributed by atoms with Gasteiger partial charge in [-0.2, -0.15) is 0 Å². The Morgan fingerprint density at radius 3 is 2.22 bits per heavy atom. The molecule has 0 unspecified atom stereocenters. The smallest absolute Gasteiger partial charge is 0.319 e. The summed E-state index contributed by atoms with van der Waals surface area (Å²) in [6.45, 7) is 2.08. The molecule has 1 fully saturated rings. The first-order chi connectivity index (χ1) is 15.4. The minimum Gasteiger partial charge on any atom is -0.337 e. The van der Waals surface area contributed by atoms with Crippen LogP contribution in [0.2, 0.25) is 0 Å². The summed E-state index contributed by atoms with van der Waals surface area (Å²) in [6.07, 6.45) is 0. The lowest BCUT2D eigenvalue weighted by atomic mass is 10.1. The molecule has 4 rings (SSSR count). The fourth-order valence-electron chi connectivity index (χ4n) is 3.51. The van der Waals surface area contributed by atoms with Crippen LogP contribution in [0.15, 0.2) is 82.6 Å². The van der Waals surface area contributed by atoms with Gasteiger partial charge in [-0.1, -0.05) is 36.4 Å². The van der Waals surface area contributed by atoms with Crippen LogP contribution in [0.5, 0.6) is 0 Å². The molecule has 166 valence electrons. The van der Waals surface area contributed by atoms with Crippen LogP contribution in [0.3, 0.4) is 0 Å². The van der Waals surface area contributed by atoms with Crippen molar-refractivity contribution in [2.45, 2.75) is 9.79 Å². The van der Waals surface area contributed by atoms with Crippen LogP contribution in [0.25, 0.3) is 11.1 Å². The number of urea groups is 1. The first-order valence-corrected chi connectivity index (χ1v) is 11.6. The third kappa shape index (κ3) is 4.80. The second kappa shape index (κ2) is 9.47. The average molecular weight is 455 g/mol. The van der Waals surface area contributed by atoms with Crippen molar-refractivity contribution in [3.05, 3.63) is 78.6 Å². The summed E-state index contributed by atoms with van der Waals surface area (Å²) in [6, 6.07) is 17.9. The molecule has 7 nitrogen and oxygen atoms in total. The maximum Gasteiger partial charge on any atom is 0.319 e. The maximum absolute atomic E-state index is 14.3. The molecule has 0 spiro atoms. The quantitative estimate of drug-likeness (QED) is 0.459. The second-order valence-corrected chi connectivity index (χ2v) is 9.38. The molecule has 0 atom stereocenters. The molecule has 0 aromatic heterocycles. The topological polar surface area (TPSA) is 99.3 Å². The third-order valence-corrected chi connectivity index (χ3v) is 7.05. The number of anilines is 1. The van der Waals surface area contributed by atoms with Gasteiger partial charge in [-0.25, -0.2) is 17.6 Å². The maximum atomic E-state index is 14.3. The van der Waals surface area contributed by atoms with Crippen molar-refractivity contribution in [2.75, 3.05) is 25.0 Å². The molecular formula is C23H23FN4O3S. The van der Waals surface area contributed by atoms with Crippen LogP contribution in [0.1, 0.15) is 0 Å². The molecule has 0 radical (unpaired) electrons. The van der Waals surface area contributed by atoms with Crippen LogP contribution in [0, 0.1) is 11.7 Å². The molecule has 3 aromatic rings. The van der Waals surface area contributed by atoms with E-state index in [1.54, 1.807) is 36.4 Å². The zero-order valence-electron chi connectivity index (χ0n) is 17.1. The van der Waals surface area contributed by atoms with Crippen LogP contribution in [-0.2, 0) is 9.84 Å². The Kier molecular flexibility index (Phi) is 6.50. The first-order valence-electron chi connectivity index (χ1n) is 10.1. The molecular weight excluding hydrogens is 431 g/mol. The minimum atomic E-state index is -3.91. The highest BCUT2D eigenvalue weighted by Crippen LogP contribution is 2.33. The highest BCUT2D eigenvalue weighted by atomic mass is 32.2. The van der Waals surface area contributed by atoms with Crippen molar-refractivity contribution in [3.8, 4) is 11.1 Å². The van der Waals surface area contributed by atoms with E-state index in [0.717, 1.165) is 13.1 Å². The number of rotatable bonds is 6. The second-order valence-electron chi connectivity index (χ2n) is 7.47. The number of hydrazine groups is 1. The van der Waals surface area contributed by atoms with Crippen LogP contribution < -0.4 is 21.5 Å². The van der Waals surface area contributed by atoms with Gasteiger partial charge in [0.05, 0.1) is 9.79 Å². The van der Waals surface area contributed by atoms with E-state index in [-0.39, 0.29) is 21.4 Å². The molecule has 1 heterocycles. The lowest BCUT2D eigenvalue weighted by Crippen LogP contribution is -2.34. The molecule has 0 saturated carbocycles. The molecule has 1 aliphatic rings. The van der Waals surface area contributed by atoms with Crippen molar-refractivity contribution >= 4 is 21.6 Å². The van der Waals surface area contributed by atoms with E-state index in [1.807, 2.05) is 0 Å². The number of sulfone groups is 1. The summed E-state index contributed by atoms with van der Waals surface area (Å²) in [4.78, 5) is 12.2. The highest BCUT2D eigenvalue weighted by molar-refractivity contribution is 7.91. The number of carbonyl (C=O) groups is 1. The van der Waals surface area contributed by atoms with Gasteiger partial charge in [0.25, 0.3) is 0 Å². The van der Waals surface area contributed by atoms with Gasteiger partial charge in [0.15, 0.2) is 0 Å². The fraction of sp³-hybridized carbons (Fsp3) is 0.174. The Bertz CT molecular complexity index is 1210. The van der Waals surface area contributed by atoms with Gasteiger partial charge in [-0.15, -0.1) is 0 Å². The van der Waals surface area contributed by atoms with Gasteiger partial charge in [-0.05, 0) is 36.4 Å². The summed E-state index contributed by atoms with van der Waals surface area (Å²) in [5.74, 6) is -0.187. The van der Waals surface area contributed by atoms with Crippen molar-refractivity contribution < 1.29 is 17.6 Å². The van der Waals surface area contributed by atoms with Gasteiger partial charge < -0.3 is 10.6 Å². The zero-order chi connectivity index (χ0) is 22.6. The molecule has 0 bridgehead atoms. The van der Waals surface area contributed by atoms with Gasteiger partial charge in [0.1, 0.15) is 5.82 Å². The average Bonchev–Trinajstić information content (AvgIpc) is 3.32. The molecule has 0 aliphatic carbocycles. The standard InChI is InChI=1S/C23H23FN4O3S/c24-21-7-3-1-5-19(21)20-6-2-4-8-22(20)32(30,31)18-11-9-17(10-12-18)28-23(29)25-13-16-14-26-27-15-16/h1-12,16,26-27H,13-15H2,(H2,25,28,29). The number of amides is 2. The number of hydrogen-bond donors (Lipinski definition) is 4. The summed E-state index contributed by atoms with van der Waals surface area (Å²) < 4.78 is 40.9. The van der Waals surface area contributed by atoms with Crippen molar-refractivity contribution in [1.29, 1.82) is 0 Å². The number of hydrogen-bond acceptors (Lipinski definition) is 5. The molecule has 4 N–H and O–H groups in total. The SMILES string of the molecule is O=C(NCC1CNNC1)Nc1ccc(S(=O)(=O)c2ccccc2-c2ccccc2F)cc1. The third-order valence-electron chi connectivity index (χ3n) is 5.22. The Labute approximate surface area is 185 Å². The van der Waals surface area contributed by atoms with E-state index in [0.29, 0.717) is 23.7 Å². The van der Waals surface area contributed by atoms with Crippen molar-refractivity contribution in [3.63, 3.8) is 0 Å². The van der Waals surface area contributed by atoms with E-state index >= 15 is 0 Å². The normalized spacial score (nSPS) is 14.3. The van der Waals surface area contributed by atoms with E-state index < -0.39 is 15.7 Å².